The maximum absolute atomic E-state index is 14.5. The monoisotopic (exact) mass is 836 g/mol. The number of nitrogens with zero attached hydrogens (tertiary/aromatic N) is 5. The average molecular weight is 836 g/mol. The molecule has 0 fully saturated rings. The summed E-state index contributed by atoms with van der Waals surface area (Å²) in [6.07, 6.45) is 13.3. The van der Waals surface area contributed by atoms with Gasteiger partial charge >= 0.3 is 0 Å². The first-order valence-corrected chi connectivity index (χ1v) is 23.4. The van der Waals surface area contributed by atoms with Crippen molar-refractivity contribution in [1.82, 2.24) is 15.0 Å². The highest BCUT2D eigenvalue weighted by molar-refractivity contribution is 7.16. The van der Waals surface area contributed by atoms with Crippen LogP contribution in [0.2, 0.25) is 0 Å². The van der Waals surface area contributed by atoms with Crippen LogP contribution in [0.25, 0.3) is 6.08 Å². The molecule has 3 amide bonds. The van der Waals surface area contributed by atoms with E-state index in [9.17, 15) is 19.6 Å². The Kier molecular flexibility index (Phi) is 27.3. The minimum absolute atomic E-state index is 0.130. The Bertz CT molecular complexity index is 1630. The molecule has 0 radical (unpaired) electrons. The Labute approximate surface area is 364 Å². The number of nitriles is 1. The van der Waals surface area contributed by atoms with Crippen molar-refractivity contribution in [3.8, 4) is 11.8 Å². The van der Waals surface area contributed by atoms with Gasteiger partial charge in [-0.15, -0.1) is 0 Å². The van der Waals surface area contributed by atoms with Gasteiger partial charge in [-0.25, -0.2) is 9.99 Å². The maximum Gasteiger partial charge on any atom is 0.290 e. The van der Waals surface area contributed by atoms with E-state index in [0.717, 1.165) is 51.7 Å². The van der Waals surface area contributed by atoms with E-state index in [0.29, 0.717) is 36.0 Å². The summed E-state index contributed by atoms with van der Waals surface area (Å²) in [6, 6.07) is 8.52. The number of thiazole rings is 1. The number of carbonyl (C=O) groups excluding carboxylic acids is 3. The number of carbonyl (C=O) groups is 3. The van der Waals surface area contributed by atoms with E-state index >= 15 is 0 Å². The summed E-state index contributed by atoms with van der Waals surface area (Å²) >= 11 is 1.57. The van der Waals surface area contributed by atoms with Gasteiger partial charge in [0.15, 0.2) is 5.13 Å². The van der Waals surface area contributed by atoms with Gasteiger partial charge in [0.05, 0.1) is 17.7 Å². The molecule has 0 spiro atoms. The zero-order valence-corrected chi connectivity index (χ0v) is 40.8. The van der Waals surface area contributed by atoms with Gasteiger partial charge in [-0.1, -0.05) is 160 Å². The molecule has 59 heavy (non-hydrogen) atoms. The molecule has 1 aliphatic rings. The van der Waals surface area contributed by atoms with E-state index in [1.807, 2.05) is 40.7 Å². The SMILES string of the molecule is CC.CC.CCC.CCCCC(CC)CN(CC(CC)CCCC)c1nc(C(C)(C)C)c(/C=C2\C(=O)N(N(C)C(=O)c3ccc(OC)cc3)C(=O)C(C#N)=C2CCC)s1. The van der Waals surface area contributed by atoms with Crippen molar-refractivity contribution in [2.45, 2.75) is 173 Å². The van der Waals surface area contributed by atoms with Crippen LogP contribution >= 0.6 is 11.3 Å². The number of methoxy groups -OCH3 is 1. The fraction of sp³-hybridized carbons (Fsp3) is 0.653. The van der Waals surface area contributed by atoms with Crippen LogP contribution in [0.4, 0.5) is 5.13 Å². The molecule has 2 heterocycles. The van der Waals surface area contributed by atoms with E-state index in [2.05, 4.69) is 73.3 Å². The van der Waals surface area contributed by atoms with E-state index in [4.69, 9.17) is 9.72 Å². The Hall–Kier alpha value is -3.97. The fourth-order valence-electron chi connectivity index (χ4n) is 6.67. The Morgan fingerprint density at radius 3 is 1.80 bits per heavy atom. The highest BCUT2D eigenvalue weighted by Gasteiger charge is 2.41. The van der Waals surface area contributed by atoms with Crippen LogP contribution in [0.1, 0.15) is 188 Å². The standard InChI is InChI=1S/C42H61N5O4S.C3H8.2C2H6/c1-11-16-19-29(14-4)27-46(28-30(15-5)20-17-12-2)41-44-37(42(6,7)8)36(52-41)25-34-33(18-13-3)35(26-43)40(50)47(39(34)49)45(9)38(48)31-21-23-32(51-10)24-22-31;1-3-2;2*1-2/h21-25,29-30H,11-20,27-28H2,1-10H3;3H2,1-2H3;2*1-2H3/b34-25-;;;. The summed E-state index contributed by atoms with van der Waals surface area (Å²) in [5.74, 6) is -0.346. The summed E-state index contributed by atoms with van der Waals surface area (Å²) in [4.78, 5) is 50.6. The first kappa shape index (κ1) is 55.0. The molecule has 2 atom stereocenters. The number of benzene rings is 1. The minimum Gasteiger partial charge on any atom is -0.497 e. The quantitative estimate of drug-likeness (QED) is 0.102. The molecule has 3 rings (SSSR count). The fourth-order valence-corrected chi connectivity index (χ4v) is 7.91. The summed E-state index contributed by atoms with van der Waals surface area (Å²) in [6.45, 7) is 31.4. The molecule has 0 aliphatic carbocycles. The lowest BCUT2D eigenvalue weighted by Crippen LogP contribution is -2.54. The Morgan fingerprint density at radius 1 is 0.881 bits per heavy atom. The molecular weight excluding hydrogens is 755 g/mol. The topological polar surface area (TPSA) is 107 Å². The second-order valence-corrected chi connectivity index (χ2v) is 16.7. The van der Waals surface area contributed by atoms with Crippen LogP contribution in [0.3, 0.4) is 0 Å². The van der Waals surface area contributed by atoms with Gasteiger partial charge in [0.1, 0.15) is 17.4 Å². The van der Waals surface area contributed by atoms with Crippen LogP contribution in [-0.4, -0.2) is 60.0 Å². The zero-order valence-electron chi connectivity index (χ0n) is 40.0. The van der Waals surface area contributed by atoms with Crippen molar-refractivity contribution < 1.29 is 19.1 Å². The molecule has 0 bridgehead atoms. The molecule has 2 aromatic rings. The summed E-state index contributed by atoms with van der Waals surface area (Å²) in [7, 11) is 2.92. The molecule has 0 N–H and O–H groups in total. The van der Waals surface area contributed by atoms with Crippen molar-refractivity contribution in [2.75, 3.05) is 32.1 Å². The first-order chi connectivity index (χ1) is 28.2. The molecule has 2 unspecified atom stereocenters. The summed E-state index contributed by atoms with van der Waals surface area (Å²) in [5.41, 5.74) is 1.29. The third kappa shape index (κ3) is 16.2. The highest BCUT2D eigenvalue weighted by Crippen LogP contribution is 2.39. The van der Waals surface area contributed by atoms with Crippen molar-refractivity contribution in [1.29, 1.82) is 5.26 Å². The number of hydrogen-bond acceptors (Lipinski definition) is 8. The molecule has 1 aliphatic heterocycles. The number of aromatic nitrogens is 1. The van der Waals surface area contributed by atoms with E-state index < -0.39 is 17.7 Å². The lowest BCUT2D eigenvalue weighted by molar-refractivity contribution is -0.153. The third-order valence-corrected chi connectivity index (χ3v) is 11.0. The molecule has 9 nitrogen and oxygen atoms in total. The van der Waals surface area contributed by atoms with Crippen LogP contribution < -0.4 is 9.64 Å². The van der Waals surface area contributed by atoms with Crippen molar-refractivity contribution >= 4 is 40.3 Å². The smallest absolute Gasteiger partial charge is 0.290 e. The minimum atomic E-state index is -0.806. The first-order valence-electron chi connectivity index (χ1n) is 22.6. The second-order valence-electron chi connectivity index (χ2n) is 15.7. The molecule has 10 heteroatoms. The number of hydrazine groups is 1. The molecule has 0 saturated heterocycles. The number of hydrogen-bond donors (Lipinski definition) is 0. The largest absolute Gasteiger partial charge is 0.497 e. The maximum atomic E-state index is 14.5. The summed E-state index contributed by atoms with van der Waals surface area (Å²) in [5, 5.41) is 13.1. The number of rotatable bonds is 19. The van der Waals surface area contributed by atoms with E-state index in [1.165, 1.54) is 59.1 Å². The zero-order chi connectivity index (χ0) is 45.3. The van der Waals surface area contributed by atoms with Crippen LogP contribution in [-0.2, 0) is 15.0 Å². The van der Waals surface area contributed by atoms with Crippen LogP contribution in [0.5, 0.6) is 5.75 Å². The van der Waals surface area contributed by atoms with E-state index in [1.54, 1.807) is 35.6 Å². The van der Waals surface area contributed by atoms with Gasteiger partial charge in [0.25, 0.3) is 17.7 Å². The number of amides is 3. The van der Waals surface area contributed by atoms with Crippen molar-refractivity contribution in [2.24, 2.45) is 11.8 Å². The van der Waals surface area contributed by atoms with Crippen molar-refractivity contribution in [3.05, 3.63) is 57.1 Å². The van der Waals surface area contributed by atoms with Crippen LogP contribution in [0, 0.1) is 23.2 Å². The van der Waals surface area contributed by atoms with Gasteiger partial charge in [-0.2, -0.15) is 10.3 Å². The normalized spacial score (nSPS) is 14.2. The number of anilines is 1. The number of imide groups is 1. The van der Waals surface area contributed by atoms with Gasteiger partial charge in [0.2, 0.25) is 0 Å². The molecular formula is C49H81N5O4S. The number of ether oxygens (including phenoxy) is 1. The lowest BCUT2D eigenvalue weighted by atomic mass is 9.88. The average Bonchev–Trinajstić information content (AvgIpc) is 3.68. The number of unbranched alkanes of at least 4 members (excludes halogenated alkanes) is 2. The Morgan fingerprint density at radius 2 is 1.39 bits per heavy atom. The van der Waals surface area contributed by atoms with E-state index in [-0.39, 0.29) is 22.1 Å². The van der Waals surface area contributed by atoms with Crippen LogP contribution in [0.15, 0.2) is 41.0 Å². The molecule has 1 aromatic carbocycles. The Balaban J connectivity index is 0.00000452. The highest BCUT2D eigenvalue weighted by atomic mass is 32.1. The predicted molar refractivity (Wildman–Crippen MR) is 251 cm³/mol. The van der Waals surface area contributed by atoms with Gasteiger partial charge in [-0.05, 0) is 67.0 Å². The van der Waals surface area contributed by atoms with Gasteiger partial charge < -0.3 is 9.64 Å². The molecule has 332 valence electrons. The predicted octanol–water partition coefficient (Wildman–Crippen LogP) is 13.2. The summed E-state index contributed by atoms with van der Waals surface area (Å²) < 4.78 is 5.22. The third-order valence-electron chi connectivity index (χ3n) is 9.94. The lowest BCUT2D eigenvalue weighted by Gasteiger charge is -2.34. The van der Waals surface area contributed by atoms with Gasteiger partial charge in [0, 0.05) is 36.7 Å². The molecule has 0 saturated carbocycles. The second kappa shape index (κ2) is 29.3. The van der Waals surface area contributed by atoms with Gasteiger partial charge in [-0.3, -0.25) is 14.4 Å². The molecule has 1 aromatic heterocycles. The van der Waals surface area contributed by atoms with Crippen molar-refractivity contribution in [3.63, 3.8) is 0 Å².